The molecule has 0 saturated heterocycles. The predicted octanol–water partition coefficient (Wildman–Crippen LogP) is 2.11. The van der Waals surface area contributed by atoms with Crippen molar-refractivity contribution in [3.63, 3.8) is 0 Å². The van der Waals surface area contributed by atoms with Gasteiger partial charge in [0.05, 0.1) is 17.8 Å². The summed E-state index contributed by atoms with van der Waals surface area (Å²) in [4.78, 5) is 36.9. The molecule has 3 rings (SSSR count). The Labute approximate surface area is 115 Å². The minimum absolute atomic E-state index is 0.0474. The van der Waals surface area contributed by atoms with Crippen LogP contribution in [-0.2, 0) is 9.59 Å². The zero-order chi connectivity index (χ0) is 14.3. The van der Waals surface area contributed by atoms with Crippen LogP contribution in [0.5, 0.6) is 0 Å². The molecule has 1 heterocycles. The van der Waals surface area contributed by atoms with Crippen molar-refractivity contribution in [2.45, 2.75) is 25.7 Å². The van der Waals surface area contributed by atoms with Gasteiger partial charge in [-0.1, -0.05) is 18.9 Å². The molecule has 4 nitrogen and oxygen atoms in total. The lowest BCUT2D eigenvalue weighted by Gasteiger charge is -2.18. The highest BCUT2D eigenvalue weighted by Gasteiger charge is 2.39. The summed E-state index contributed by atoms with van der Waals surface area (Å²) in [7, 11) is 0. The van der Waals surface area contributed by atoms with Crippen LogP contribution >= 0.6 is 0 Å². The van der Waals surface area contributed by atoms with E-state index >= 15 is 0 Å². The number of ketones is 2. The molecule has 1 aromatic carbocycles. The number of rotatable bonds is 3. The Hall–Kier alpha value is -2.04. The summed E-state index contributed by atoms with van der Waals surface area (Å²) in [5.74, 6) is -2.33. The van der Waals surface area contributed by atoms with Gasteiger partial charge < -0.3 is 0 Å². The van der Waals surface area contributed by atoms with E-state index < -0.39 is 17.5 Å². The summed E-state index contributed by atoms with van der Waals surface area (Å²) in [5, 5.41) is 0. The normalized spacial score (nSPS) is 18.8. The number of halogens is 1. The van der Waals surface area contributed by atoms with Gasteiger partial charge in [0, 0.05) is 5.92 Å². The highest BCUT2D eigenvalue weighted by atomic mass is 19.1. The number of anilines is 1. The number of benzene rings is 1. The number of para-hydroxylation sites is 1. The van der Waals surface area contributed by atoms with Gasteiger partial charge in [0.15, 0.2) is 5.78 Å². The number of Topliss-reactive ketones (excluding diaryl/α,β-unsaturated/α-hetero) is 2. The lowest BCUT2D eigenvalue weighted by molar-refractivity contribution is -0.123. The van der Waals surface area contributed by atoms with Gasteiger partial charge in [-0.15, -0.1) is 0 Å². The second-order valence-electron chi connectivity index (χ2n) is 5.30. The van der Waals surface area contributed by atoms with Crippen molar-refractivity contribution in [2.75, 3.05) is 11.4 Å². The van der Waals surface area contributed by atoms with E-state index in [1.165, 1.54) is 18.2 Å². The van der Waals surface area contributed by atoms with Gasteiger partial charge in [-0.2, -0.15) is 0 Å². The van der Waals surface area contributed by atoms with Crippen LogP contribution in [0.3, 0.4) is 0 Å². The van der Waals surface area contributed by atoms with E-state index in [9.17, 15) is 18.8 Å². The molecular weight excluding hydrogens is 261 g/mol. The Bertz CT molecular complexity index is 605. The zero-order valence-corrected chi connectivity index (χ0v) is 10.9. The number of carbonyl (C=O) groups excluding carboxylic acids is 3. The first-order valence-corrected chi connectivity index (χ1v) is 6.77. The molecule has 0 atom stereocenters. The first-order chi connectivity index (χ1) is 9.59. The highest BCUT2D eigenvalue weighted by Crippen LogP contribution is 2.33. The standard InChI is InChI=1S/C15H14FNO3/c16-11-7-3-6-10-13(11)17(15(20)14(10)19)8-12(18)9-4-1-2-5-9/h3,6-7,9H,1-2,4-5,8H2. The fourth-order valence-electron chi connectivity index (χ4n) is 3.00. The molecule has 0 unspecified atom stereocenters. The fourth-order valence-corrected chi connectivity index (χ4v) is 3.00. The van der Waals surface area contributed by atoms with E-state index in [1.54, 1.807) is 0 Å². The Kier molecular flexibility index (Phi) is 3.12. The fraction of sp³-hybridized carbons (Fsp3) is 0.400. The molecule has 0 bridgehead atoms. The van der Waals surface area contributed by atoms with Gasteiger partial charge in [-0.3, -0.25) is 19.3 Å². The lowest BCUT2D eigenvalue weighted by Crippen LogP contribution is -2.37. The Morgan fingerprint density at radius 3 is 2.65 bits per heavy atom. The summed E-state index contributed by atoms with van der Waals surface area (Å²) in [6.45, 7) is -0.205. The Balaban J connectivity index is 1.89. The second kappa shape index (κ2) is 4.81. The summed E-state index contributed by atoms with van der Waals surface area (Å²) in [6, 6.07) is 4.00. The topological polar surface area (TPSA) is 54.5 Å². The molecular formula is C15H14FNO3. The van der Waals surface area contributed by atoms with E-state index in [1.807, 2.05) is 0 Å². The van der Waals surface area contributed by atoms with Gasteiger partial charge >= 0.3 is 0 Å². The Morgan fingerprint density at radius 2 is 1.95 bits per heavy atom. The molecule has 104 valence electrons. The highest BCUT2D eigenvalue weighted by molar-refractivity contribution is 6.52. The molecule has 1 aromatic rings. The van der Waals surface area contributed by atoms with Crippen LogP contribution in [-0.4, -0.2) is 24.0 Å². The van der Waals surface area contributed by atoms with Crippen molar-refractivity contribution in [3.05, 3.63) is 29.6 Å². The van der Waals surface area contributed by atoms with Crippen LogP contribution in [0.25, 0.3) is 0 Å². The quantitative estimate of drug-likeness (QED) is 0.794. The van der Waals surface area contributed by atoms with Crippen molar-refractivity contribution in [2.24, 2.45) is 5.92 Å². The molecule has 1 saturated carbocycles. The third kappa shape index (κ3) is 1.94. The molecule has 0 radical (unpaired) electrons. The van der Waals surface area contributed by atoms with Crippen LogP contribution in [0.4, 0.5) is 10.1 Å². The monoisotopic (exact) mass is 275 g/mol. The predicted molar refractivity (Wildman–Crippen MR) is 70.0 cm³/mol. The second-order valence-corrected chi connectivity index (χ2v) is 5.30. The van der Waals surface area contributed by atoms with Crippen LogP contribution in [0.1, 0.15) is 36.0 Å². The average Bonchev–Trinajstić information content (AvgIpc) is 3.03. The summed E-state index contributed by atoms with van der Waals surface area (Å²) < 4.78 is 13.9. The van der Waals surface area contributed by atoms with Gasteiger partial charge in [-0.05, 0) is 25.0 Å². The van der Waals surface area contributed by atoms with Crippen LogP contribution in [0.15, 0.2) is 18.2 Å². The number of fused-ring (bicyclic) bond motifs is 1. The minimum atomic E-state index is -0.809. The maximum Gasteiger partial charge on any atom is 0.299 e. The number of carbonyl (C=O) groups is 3. The first-order valence-electron chi connectivity index (χ1n) is 6.77. The van der Waals surface area contributed by atoms with E-state index in [-0.39, 0.29) is 29.5 Å². The molecule has 1 aliphatic heterocycles. The molecule has 5 heteroatoms. The van der Waals surface area contributed by atoms with Crippen LogP contribution in [0, 0.1) is 11.7 Å². The number of hydrogen-bond acceptors (Lipinski definition) is 3. The van der Waals surface area contributed by atoms with Gasteiger partial charge in [0.2, 0.25) is 0 Å². The first kappa shape index (κ1) is 13.0. The van der Waals surface area contributed by atoms with Crippen LogP contribution in [0.2, 0.25) is 0 Å². The zero-order valence-electron chi connectivity index (χ0n) is 10.9. The van der Waals surface area contributed by atoms with Crippen molar-refractivity contribution < 1.29 is 18.8 Å². The van der Waals surface area contributed by atoms with Gasteiger partial charge in [0.25, 0.3) is 11.7 Å². The summed E-state index contributed by atoms with van der Waals surface area (Å²) in [6.07, 6.45) is 3.65. The lowest BCUT2D eigenvalue weighted by atomic mass is 10.0. The largest absolute Gasteiger partial charge is 0.299 e. The number of nitrogens with zero attached hydrogens (tertiary/aromatic N) is 1. The average molecular weight is 275 g/mol. The van der Waals surface area contributed by atoms with E-state index in [0.29, 0.717) is 0 Å². The number of amides is 1. The molecule has 1 amide bonds. The van der Waals surface area contributed by atoms with Crippen molar-refractivity contribution in [1.29, 1.82) is 0 Å². The smallest absolute Gasteiger partial charge is 0.297 e. The van der Waals surface area contributed by atoms with Gasteiger partial charge in [0.1, 0.15) is 5.82 Å². The van der Waals surface area contributed by atoms with E-state index in [0.717, 1.165) is 30.6 Å². The minimum Gasteiger partial charge on any atom is -0.297 e. The van der Waals surface area contributed by atoms with E-state index in [4.69, 9.17) is 0 Å². The molecule has 1 aliphatic carbocycles. The maximum atomic E-state index is 13.9. The SMILES string of the molecule is O=C1C(=O)N(CC(=O)C2CCCC2)c2c(F)cccc21. The third-order valence-electron chi connectivity index (χ3n) is 4.07. The molecule has 1 fully saturated rings. The van der Waals surface area contributed by atoms with Crippen molar-refractivity contribution in [1.82, 2.24) is 0 Å². The molecule has 0 aromatic heterocycles. The summed E-state index contributed by atoms with van der Waals surface area (Å²) >= 11 is 0. The third-order valence-corrected chi connectivity index (χ3v) is 4.07. The molecule has 0 N–H and O–H groups in total. The molecule has 2 aliphatic rings. The Morgan fingerprint density at radius 1 is 1.25 bits per heavy atom. The van der Waals surface area contributed by atoms with Crippen molar-refractivity contribution in [3.8, 4) is 0 Å². The summed E-state index contributed by atoms with van der Waals surface area (Å²) in [5.41, 5.74) is 0.00284. The van der Waals surface area contributed by atoms with Crippen molar-refractivity contribution >= 4 is 23.2 Å². The molecule has 20 heavy (non-hydrogen) atoms. The van der Waals surface area contributed by atoms with Crippen LogP contribution < -0.4 is 4.90 Å². The number of hydrogen-bond donors (Lipinski definition) is 0. The van der Waals surface area contributed by atoms with Gasteiger partial charge in [-0.25, -0.2) is 4.39 Å². The van der Waals surface area contributed by atoms with E-state index in [2.05, 4.69) is 0 Å². The molecule has 0 spiro atoms. The maximum absolute atomic E-state index is 13.9.